The molecule has 1 rings (SSSR count). The SMILES string of the molecule is C=CCC(CC1CCC1)NCCC. The van der Waals surface area contributed by atoms with Crippen LogP contribution in [-0.2, 0) is 0 Å². The molecule has 1 heteroatoms. The van der Waals surface area contributed by atoms with E-state index in [0.29, 0.717) is 6.04 Å². The van der Waals surface area contributed by atoms with E-state index in [1.807, 2.05) is 6.08 Å². The van der Waals surface area contributed by atoms with Crippen LogP contribution in [0.3, 0.4) is 0 Å². The monoisotopic (exact) mass is 181 g/mol. The molecular weight excluding hydrogens is 158 g/mol. The fourth-order valence-corrected chi connectivity index (χ4v) is 1.94. The van der Waals surface area contributed by atoms with Crippen LogP contribution in [0.5, 0.6) is 0 Å². The average Bonchev–Trinajstić information content (AvgIpc) is 2.07. The first-order chi connectivity index (χ1) is 6.36. The molecule has 0 saturated heterocycles. The summed E-state index contributed by atoms with van der Waals surface area (Å²) in [6.45, 7) is 7.20. The number of rotatable bonds is 7. The zero-order valence-corrected chi connectivity index (χ0v) is 8.89. The van der Waals surface area contributed by atoms with Crippen LogP contribution < -0.4 is 5.32 Å². The summed E-state index contributed by atoms with van der Waals surface area (Å²) in [5, 5.41) is 3.60. The van der Waals surface area contributed by atoms with Gasteiger partial charge < -0.3 is 5.32 Å². The molecule has 0 aromatic heterocycles. The van der Waals surface area contributed by atoms with Crippen molar-refractivity contribution in [2.75, 3.05) is 6.54 Å². The molecule has 0 spiro atoms. The Morgan fingerprint density at radius 1 is 1.54 bits per heavy atom. The smallest absolute Gasteiger partial charge is 0.0104 e. The van der Waals surface area contributed by atoms with Gasteiger partial charge in [0, 0.05) is 6.04 Å². The van der Waals surface area contributed by atoms with E-state index < -0.39 is 0 Å². The highest BCUT2D eigenvalue weighted by molar-refractivity contribution is 4.82. The lowest BCUT2D eigenvalue weighted by atomic mass is 9.80. The molecule has 0 heterocycles. The fourth-order valence-electron chi connectivity index (χ4n) is 1.94. The number of nitrogens with one attached hydrogen (secondary N) is 1. The van der Waals surface area contributed by atoms with Crippen molar-refractivity contribution < 1.29 is 0 Å². The molecule has 1 aliphatic carbocycles. The van der Waals surface area contributed by atoms with Crippen molar-refractivity contribution in [2.45, 2.75) is 51.5 Å². The maximum Gasteiger partial charge on any atom is 0.0104 e. The summed E-state index contributed by atoms with van der Waals surface area (Å²) in [4.78, 5) is 0. The molecule has 1 aliphatic rings. The molecule has 0 aliphatic heterocycles. The van der Waals surface area contributed by atoms with Gasteiger partial charge in [-0.3, -0.25) is 0 Å². The topological polar surface area (TPSA) is 12.0 Å². The van der Waals surface area contributed by atoms with Gasteiger partial charge in [-0.15, -0.1) is 6.58 Å². The van der Waals surface area contributed by atoms with E-state index in [1.54, 1.807) is 0 Å². The highest BCUT2D eigenvalue weighted by Crippen LogP contribution is 2.31. The van der Waals surface area contributed by atoms with Gasteiger partial charge in [0.25, 0.3) is 0 Å². The Bertz CT molecular complexity index is 138. The Kier molecular flexibility index (Phi) is 5.14. The third-order valence-corrected chi connectivity index (χ3v) is 2.98. The van der Waals surface area contributed by atoms with Crippen LogP contribution in [-0.4, -0.2) is 12.6 Å². The summed E-state index contributed by atoms with van der Waals surface area (Å²) in [5.74, 6) is 1.01. The quantitative estimate of drug-likeness (QED) is 0.595. The van der Waals surface area contributed by atoms with E-state index in [1.165, 1.54) is 32.1 Å². The second-order valence-electron chi connectivity index (χ2n) is 4.21. The molecule has 1 saturated carbocycles. The summed E-state index contributed by atoms with van der Waals surface area (Å²) >= 11 is 0. The molecule has 1 N–H and O–H groups in total. The third kappa shape index (κ3) is 3.95. The molecule has 1 fully saturated rings. The molecule has 0 radical (unpaired) electrons. The maximum atomic E-state index is 3.82. The van der Waals surface area contributed by atoms with Crippen molar-refractivity contribution in [3.05, 3.63) is 12.7 Å². The lowest BCUT2D eigenvalue weighted by Gasteiger charge is -2.29. The van der Waals surface area contributed by atoms with Gasteiger partial charge in [-0.2, -0.15) is 0 Å². The molecule has 13 heavy (non-hydrogen) atoms. The van der Waals surface area contributed by atoms with E-state index in [2.05, 4.69) is 18.8 Å². The van der Waals surface area contributed by atoms with Crippen molar-refractivity contribution in [2.24, 2.45) is 5.92 Å². The van der Waals surface area contributed by atoms with Crippen molar-refractivity contribution in [3.63, 3.8) is 0 Å². The fraction of sp³-hybridized carbons (Fsp3) is 0.833. The Morgan fingerprint density at radius 3 is 2.77 bits per heavy atom. The Hall–Kier alpha value is -0.300. The largest absolute Gasteiger partial charge is 0.314 e. The van der Waals surface area contributed by atoms with Gasteiger partial charge in [0.15, 0.2) is 0 Å². The molecule has 76 valence electrons. The minimum absolute atomic E-state index is 0.697. The molecular formula is C12H23N. The van der Waals surface area contributed by atoms with Crippen LogP contribution >= 0.6 is 0 Å². The highest BCUT2D eigenvalue weighted by atomic mass is 14.9. The first-order valence-corrected chi connectivity index (χ1v) is 5.71. The van der Waals surface area contributed by atoms with Gasteiger partial charge in [-0.1, -0.05) is 32.3 Å². The van der Waals surface area contributed by atoms with Crippen LogP contribution in [0, 0.1) is 5.92 Å². The lowest BCUT2D eigenvalue weighted by Crippen LogP contribution is -2.32. The van der Waals surface area contributed by atoms with Crippen molar-refractivity contribution in [1.29, 1.82) is 0 Å². The summed E-state index contributed by atoms with van der Waals surface area (Å²) in [7, 11) is 0. The van der Waals surface area contributed by atoms with E-state index in [-0.39, 0.29) is 0 Å². The van der Waals surface area contributed by atoms with E-state index in [4.69, 9.17) is 0 Å². The Balaban J connectivity index is 2.15. The van der Waals surface area contributed by atoms with E-state index in [0.717, 1.165) is 18.9 Å². The predicted molar refractivity (Wildman–Crippen MR) is 58.9 cm³/mol. The summed E-state index contributed by atoms with van der Waals surface area (Å²) in [6.07, 6.45) is 10.2. The predicted octanol–water partition coefficient (Wildman–Crippen LogP) is 3.12. The lowest BCUT2D eigenvalue weighted by molar-refractivity contribution is 0.260. The van der Waals surface area contributed by atoms with Crippen LogP contribution in [0.1, 0.15) is 45.4 Å². The van der Waals surface area contributed by atoms with Gasteiger partial charge in [-0.05, 0) is 31.7 Å². The second kappa shape index (κ2) is 6.20. The van der Waals surface area contributed by atoms with Crippen LogP contribution in [0.2, 0.25) is 0 Å². The number of hydrogen-bond acceptors (Lipinski definition) is 1. The molecule has 0 amide bonds. The summed E-state index contributed by atoms with van der Waals surface area (Å²) in [6, 6.07) is 0.697. The normalized spacial score (nSPS) is 19.5. The van der Waals surface area contributed by atoms with Crippen LogP contribution in [0.4, 0.5) is 0 Å². The van der Waals surface area contributed by atoms with Crippen molar-refractivity contribution in [1.82, 2.24) is 5.32 Å². The summed E-state index contributed by atoms with van der Waals surface area (Å²) in [5.41, 5.74) is 0. The van der Waals surface area contributed by atoms with Crippen molar-refractivity contribution >= 4 is 0 Å². The maximum absolute atomic E-state index is 3.82. The van der Waals surface area contributed by atoms with Gasteiger partial charge in [0.1, 0.15) is 0 Å². The minimum Gasteiger partial charge on any atom is -0.314 e. The Labute approximate surface area is 82.6 Å². The van der Waals surface area contributed by atoms with Gasteiger partial charge in [0.05, 0.1) is 0 Å². The standard InChI is InChI=1S/C12H23N/c1-3-6-12(13-9-4-2)10-11-7-5-8-11/h3,11-13H,1,4-10H2,2H3. The third-order valence-electron chi connectivity index (χ3n) is 2.98. The zero-order valence-electron chi connectivity index (χ0n) is 8.89. The van der Waals surface area contributed by atoms with Gasteiger partial charge in [0.2, 0.25) is 0 Å². The molecule has 1 atom stereocenters. The Morgan fingerprint density at radius 2 is 2.31 bits per heavy atom. The van der Waals surface area contributed by atoms with Gasteiger partial charge in [-0.25, -0.2) is 0 Å². The van der Waals surface area contributed by atoms with Crippen LogP contribution in [0.15, 0.2) is 12.7 Å². The first kappa shape index (κ1) is 10.8. The molecule has 1 unspecified atom stereocenters. The second-order valence-corrected chi connectivity index (χ2v) is 4.21. The minimum atomic E-state index is 0.697. The number of hydrogen-bond donors (Lipinski definition) is 1. The van der Waals surface area contributed by atoms with E-state index >= 15 is 0 Å². The molecule has 0 bridgehead atoms. The van der Waals surface area contributed by atoms with E-state index in [9.17, 15) is 0 Å². The van der Waals surface area contributed by atoms with Crippen molar-refractivity contribution in [3.8, 4) is 0 Å². The molecule has 0 aromatic rings. The van der Waals surface area contributed by atoms with Crippen LogP contribution in [0.25, 0.3) is 0 Å². The molecule has 0 aromatic carbocycles. The zero-order chi connectivity index (χ0) is 9.52. The summed E-state index contributed by atoms with van der Waals surface area (Å²) < 4.78 is 0. The average molecular weight is 181 g/mol. The first-order valence-electron chi connectivity index (χ1n) is 5.71. The van der Waals surface area contributed by atoms with Gasteiger partial charge >= 0.3 is 0 Å². The molecule has 1 nitrogen and oxygen atoms in total. The highest BCUT2D eigenvalue weighted by Gasteiger charge is 2.20.